The van der Waals surface area contributed by atoms with Crippen LogP contribution in [0.2, 0.25) is 0 Å². The Bertz CT molecular complexity index is 2330. The summed E-state index contributed by atoms with van der Waals surface area (Å²) in [5.41, 5.74) is 3.46. The van der Waals surface area contributed by atoms with Crippen LogP contribution in [0.3, 0.4) is 0 Å². The Morgan fingerprint density at radius 1 is 0.844 bits per heavy atom. The lowest BCUT2D eigenvalue weighted by Crippen LogP contribution is -2.43. The largest absolute Gasteiger partial charge is 0.460 e. The van der Waals surface area contributed by atoms with E-state index in [2.05, 4.69) is 22.8 Å². The predicted octanol–water partition coefficient (Wildman–Crippen LogP) is 7.34. The molecule has 0 radical (unpaired) electrons. The van der Waals surface area contributed by atoms with E-state index in [0.717, 1.165) is 36.0 Å². The van der Waals surface area contributed by atoms with Gasteiger partial charge in [0.25, 0.3) is 5.91 Å². The molecule has 2 aliphatic carbocycles. The van der Waals surface area contributed by atoms with Crippen LogP contribution < -0.4 is 10.6 Å². The average molecular weight is 869 g/mol. The van der Waals surface area contributed by atoms with Crippen molar-refractivity contribution in [2.45, 2.75) is 114 Å². The summed E-state index contributed by atoms with van der Waals surface area (Å²) in [6.45, 7) is 5.06. The number of rotatable bonds is 15. The molecule has 0 aromatic heterocycles. The number of ether oxygens (including phenoxy) is 5. The zero-order chi connectivity index (χ0) is 44.8. The highest BCUT2D eigenvalue weighted by Crippen LogP contribution is 2.47. The van der Waals surface area contributed by atoms with Crippen molar-refractivity contribution in [1.82, 2.24) is 10.6 Å². The van der Waals surface area contributed by atoms with Gasteiger partial charge >= 0.3 is 11.9 Å². The molecule has 12 heteroatoms. The van der Waals surface area contributed by atoms with Gasteiger partial charge in [-0.25, -0.2) is 4.79 Å². The SMILES string of the molecule is CC(C)(C)OC(=O)CC[C@@H](CO)NC(=O)c1cccc(CNC(=O)C2=C[C@H]3OC(c4ccccc4)(c4ccccc4)O[C@H]3[C@H](OC(=O)c3cccc(C=CC4CCC5OC5C4)c3)C2)c1. The number of hydrogen-bond acceptors (Lipinski definition) is 10. The van der Waals surface area contributed by atoms with Crippen molar-refractivity contribution in [1.29, 1.82) is 0 Å². The summed E-state index contributed by atoms with van der Waals surface area (Å²) in [6, 6.07) is 32.6. The first kappa shape index (κ1) is 44.7. The van der Waals surface area contributed by atoms with Gasteiger partial charge in [-0.1, -0.05) is 97.1 Å². The number of aliphatic hydroxyl groups is 1. The van der Waals surface area contributed by atoms with Gasteiger partial charge in [0.1, 0.15) is 23.9 Å². The van der Waals surface area contributed by atoms with Crippen LogP contribution in [0.15, 0.2) is 127 Å². The third-order valence-corrected chi connectivity index (χ3v) is 12.0. The highest BCUT2D eigenvalue weighted by Gasteiger charge is 2.55. The van der Waals surface area contributed by atoms with Crippen LogP contribution in [0.25, 0.3) is 6.08 Å². The van der Waals surface area contributed by atoms with E-state index in [9.17, 15) is 24.3 Å². The quantitative estimate of drug-likeness (QED) is 0.0815. The van der Waals surface area contributed by atoms with E-state index in [1.54, 1.807) is 57.2 Å². The van der Waals surface area contributed by atoms with Crippen molar-refractivity contribution in [2.75, 3.05) is 6.61 Å². The molecule has 2 saturated heterocycles. The Balaban J connectivity index is 0.980. The molecule has 3 fully saturated rings. The fraction of sp³-hybridized carbons (Fsp3) is 0.385. The van der Waals surface area contributed by atoms with Crippen molar-refractivity contribution in [2.24, 2.45) is 5.92 Å². The minimum atomic E-state index is -1.36. The smallest absolute Gasteiger partial charge is 0.338 e. The molecular weight excluding hydrogens is 813 g/mol. The second-order valence-corrected chi connectivity index (χ2v) is 18.0. The van der Waals surface area contributed by atoms with E-state index < -0.39 is 59.5 Å². The standard InChI is InChI=1S/C52H56N2O10/c1-51(2,3)63-46(56)25-23-41(32-55)54-49(58)36-14-11-13-35(27-36)31-53-48(57)38-29-44(61-50(59)37-15-10-12-33(26-37)20-21-34-22-24-42-43(28-34)60-42)47-45(30-38)62-52(64-47,39-16-6-4-7-17-39)40-18-8-5-9-19-40/h4-21,26-27,30,34,41-45,47,55H,22-25,28-29,31-32H2,1-3H3,(H,53,57)(H,54,58)/t34?,41-,42?,43?,44+,45+,47-/m0/s1. The van der Waals surface area contributed by atoms with Crippen LogP contribution in [0, 0.1) is 5.92 Å². The number of hydrogen-bond donors (Lipinski definition) is 3. The van der Waals surface area contributed by atoms with Gasteiger partial charge in [-0.05, 0) is 93.8 Å². The van der Waals surface area contributed by atoms with Crippen molar-refractivity contribution < 1.29 is 48.0 Å². The van der Waals surface area contributed by atoms with Crippen LogP contribution in [-0.4, -0.2) is 77.6 Å². The molecule has 0 spiro atoms. The van der Waals surface area contributed by atoms with Crippen LogP contribution in [-0.2, 0) is 45.6 Å². The molecule has 2 aliphatic heterocycles. The van der Waals surface area contributed by atoms with Crippen molar-refractivity contribution in [3.8, 4) is 0 Å². The number of amides is 2. The number of fused-ring (bicyclic) bond motifs is 2. The summed E-state index contributed by atoms with van der Waals surface area (Å²) < 4.78 is 31.1. The topological polar surface area (TPSA) is 162 Å². The molecule has 4 aliphatic rings. The second kappa shape index (κ2) is 19.4. The van der Waals surface area contributed by atoms with Crippen LogP contribution in [0.5, 0.6) is 0 Å². The van der Waals surface area contributed by atoms with Gasteiger partial charge in [-0.2, -0.15) is 0 Å². The Hall–Kier alpha value is -5.92. The van der Waals surface area contributed by atoms with E-state index in [-0.39, 0.29) is 32.4 Å². The number of epoxide rings is 1. The number of nitrogens with one attached hydrogen (secondary N) is 2. The van der Waals surface area contributed by atoms with Gasteiger partial charge in [0, 0.05) is 41.6 Å². The van der Waals surface area contributed by atoms with E-state index in [4.69, 9.17) is 23.7 Å². The zero-order valence-electron chi connectivity index (χ0n) is 36.4. The monoisotopic (exact) mass is 868 g/mol. The summed E-state index contributed by atoms with van der Waals surface area (Å²) in [6.07, 6.45) is 7.85. The Morgan fingerprint density at radius 2 is 1.56 bits per heavy atom. The summed E-state index contributed by atoms with van der Waals surface area (Å²) in [5, 5.41) is 15.7. The van der Waals surface area contributed by atoms with Crippen LogP contribution >= 0.6 is 0 Å². The third-order valence-electron chi connectivity index (χ3n) is 12.0. The van der Waals surface area contributed by atoms with Crippen molar-refractivity contribution >= 4 is 29.8 Å². The lowest BCUT2D eigenvalue weighted by atomic mass is 9.88. The highest BCUT2D eigenvalue weighted by atomic mass is 16.8. The molecule has 3 N–H and O–H groups in total. The van der Waals surface area contributed by atoms with Gasteiger partial charge < -0.3 is 39.4 Å². The number of esters is 2. The lowest BCUT2D eigenvalue weighted by molar-refractivity contribution is -0.157. The number of benzene rings is 4. The molecule has 3 unspecified atom stereocenters. The van der Waals surface area contributed by atoms with Gasteiger partial charge in [0.05, 0.1) is 30.4 Å². The van der Waals surface area contributed by atoms with Crippen LogP contribution in [0.1, 0.15) is 102 Å². The highest BCUT2D eigenvalue weighted by molar-refractivity contribution is 5.95. The first-order chi connectivity index (χ1) is 30.9. The molecule has 4 aromatic carbocycles. The summed E-state index contributed by atoms with van der Waals surface area (Å²) in [7, 11) is 0. The summed E-state index contributed by atoms with van der Waals surface area (Å²) in [4.78, 5) is 53.6. The second-order valence-electron chi connectivity index (χ2n) is 18.0. The predicted molar refractivity (Wildman–Crippen MR) is 238 cm³/mol. The Kier molecular flexibility index (Phi) is 13.6. The molecule has 2 heterocycles. The van der Waals surface area contributed by atoms with E-state index >= 15 is 0 Å². The molecule has 7 atom stereocenters. The minimum absolute atomic E-state index is 0.0332. The molecule has 0 bridgehead atoms. The van der Waals surface area contributed by atoms with Gasteiger partial charge in [0.15, 0.2) is 0 Å². The summed E-state index contributed by atoms with van der Waals surface area (Å²) >= 11 is 0. The summed E-state index contributed by atoms with van der Waals surface area (Å²) in [5.74, 6) is -2.71. The molecule has 2 amide bonds. The molecule has 64 heavy (non-hydrogen) atoms. The Morgan fingerprint density at radius 3 is 2.27 bits per heavy atom. The molecule has 12 nitrogen and oxygen atoms in total. The maximum absolute atomic E-state index is 14.1. The first-order valence-corrected chi connectivity index (χ1v) is 22.2. The van der Waals surface area contributed by atoms with E-state index in [1.807, 2.05) is 78.9 Å². The van der Waals surface area contributed by atoms with Gasteiger partial charge in [-0.15, -0.1) is 0 Å². The maximum atomic E-state index is 14.1. The minimum Gasteiger partial charge on any atom is -0.460 e. The number of carbonyl (C=O) groups is 4. The molecule has 334 valence electrons. The van der Waals surface area contributed by atoms with Crippen LogP contribution in [0.4, 0.5) is 0 Å². The first-order valence-electron chi connectivity index (χ1n) is 22.2. The molecular formula is C52H56N2O10. The van der Waals surface area contributed by atoms with Gasteiger partial charge in [-0.3, -0.25) is 14.4 Å². The van der Waals surface area contributed by atoms with Crippen molar-refractivity contribution in [3.05, 3.63) is 160 Å². The number of allylic oxidation sites excluding steroid dienone is 1. The van der Waals surface area contributed by atoms with E-state index in [1.165, 1.54) is 0 Å². The number of aliphatic hydroxyl groups excluding tert-OH is 1. The zero-order valence-corrected chi connectivity index (χ0v) is 36.4. The molecule has 4 aromatic rings. The molecule has 8 rings (SSSR count). The maximum Gasteiger partial charge on any atom is 0.338 e. The number of carbonyl (C=O) groups excluding carboxylic acids is 4. The average Bonchev–Trinajstić information content (AvgIpc) is 3.97. The Labute approximate surface area is 374 Å². The van der Waals surface area contributed by atoms with Gasteiger partial charge in [0.2, 0.25) is 11.7 Å². The fourth-order valence-corrected chi connectivity index (χ4v) is 8.70. The lowest BCUT2D eigenvalue weighted by Gasteiger charge is -2.31. The normalized spacial score (nSPS) is 23.8. The van der Waals surface area contributed by atoms with Crippen molar-refractivity contribution in [3.63, 3.8) is 0 Å². The van der Waals surface area contributed by atoms with E-state index in [0.29, 0.717) is 40.4 Å². The fourth-order valence-electron chi connectivity index (χ4n) is 8.70. The molecule has 1 saturated carbocycles. The third kappa shape index (κ3) is 10.9.